The number of hydrogen-bond acceptors (Lipinski definition) is 4. The van der Waals surface area contributed by atoms with Crippen LogP contribution in [0, 0.1) is 5.92 Å². The van der Waals surface area contributed by atoms with Crippen LogP contribution in [0.3, 0.4) is 0 Å². The topological polar surface area (TPSA) is 67.7 Å². The van der Waals surface area contributed by atoms with Crippen LogP contribution in [0.2, 0.25) is 0 Å². The Labute approximate surface area is 136 Å². The fraction of sp³-hybridized carbons (Fsp3) is 0.688. The average molecular weight is 320 g/mol. The number of nitrogens with zero attached hydrogens (tertiary/aromatic N) is 4. The second-order valence-electron chi connectivity index (χ2n) is 6.59. The van der Waals surface area contributed by atoms with Crippen molar-refractivity contribution in [2.45, 2.75) is 32.9 Å². The Morgan fingerprint density at radius 2 is 2.04 bits per heavy atom. The van der Waals surface area contributed by atoms with Gasteiger partial charge in [-0.05, 0) is 12.0 Å². The summed E-state index contributed by atoms with van der Waals surface area (Å²) in [6, 6.07) is 1.46. The molecule has 0 saturated carbocycles. The van der Waals surface area contributed by atoms with E-state index in [1.807, 2.05) is 24.8 Å². The van der Waals surface area contributed by atoms with Crippen LogP contribution in [-0.4, -0.2) is 64.2 Å². The highest BCUT2D eigenvalue weighted by Gasteiger charge is 2.35. The van der Waals surface area contributed by atoms with Crippen molar-refractivity contribution in [2.75, 3.05) is 32.8 Å². The Kier molecular flexibility index (Phi) is 4.66. The van der Waals surface area contributed by atoms with Gasteiger partial charge < -0.3 is 14.5 Å². The lowest BCUT2D eigenvalue weighted by atomic mass is 10.1. The molecule has 2 aliphatic rings. The van der Waals surface area contributed by atoms with Crippen LogP contribution in [0.1, 0.15) is 32.0 Å². The van der Waals surface area contributed by atoms with Gasteiger partial charge in [-0.3, -0.25) is 14.3 Å². The molecule has 0 aromatic carbocycles. The van der Waals surface area contributed by atoms with E-state index in [-0.39, 0.29) is 11.8 Å². The van der Waals surface area contributed by atoms with Gasteiger partial charge in [-0.15, -0.1) is 0 Å². The molecular formula is C16H24N4O3. The van der Waals surface area contributed by atoms with Crippen LogP contribution in [0.25, 0.3) is 0 Å². The number of aromatic nitrogens is 2. The molecule has 1 aromatic heterocycles. The minimum absolute atomic E-state index is 0.0281. The molecule has 1 saturated heterocycles. The van der Waals surface area contributed by atoms with E-state index < -0.39 is 6.04 Å². The van der Waals surface area contributed by atoms with Crippen LogP contribution in [-0.2, 0) is 20.9 Å². The summed E-state index contributed by atoms with van der Waals surface area (Å²) in [4.78, 5) is 28.9. The number of fused-ring (bicyclic) bond motifs is 1. The third-order valence-electron chi connectivity index (χ3n) is 4.34. The molecule has 2 amide bonds. The van der Waals surface area contributed by atoms with E-state index >= 15 is 0 Å². The second kappa shape index (κ2) is 6.70. The van der Waals surface area contributed by atoms with Crippen LogP contribution >= 0.6 is 0 Å². The van der Waals surface area contributed by atoms with Crippen molar-refractivity contribution in [1.29, 1.82) is 0 Å². The summed E-state index contributed by atoms with van der Waals surface area (Å²) >= 11 is 0. The molecule has 23 heavy (non-hydrogen) atoms. The molecule has 0 radical (unpaired) electrons. The maximum absolute atomic E-state index is 12.9. The minimum atomic E-state index is -0.428. The van der Waals surface area contributed by atoms with Gasteiger partial charge in [-0.1, -0.05) is 13.8 Å². The van der Waals surface area contributed by atoms with Crippen LogP contribution < -0.4 is 0 Å². The first-order valence-electron chi connectivity index (χ1n) is 8.23. The van der Waals surface area contributed by atoms with E-state index in [4.69, 9.17) is 4.74 Å². The maximum atomic E-state index is 12.9. The molecule has 126 valence electrons. The first-order chi connectivity index (χ1) is 11.1. The zero-order valence-corrected chi connectivity index (χ0v) is 13.8. The molecule has 0 spiro atoms. The second-order valence-corrected chi connectivity index (χ2v) is 6.59. The largest absolute Gasteiger partial charge is 0.378 e. The molecule has 3 rings (SSSR count). The van der Waals surface area contributed by atoms with Crippen molar-refractivity contribution in [3.05, 3.63) is 18.0 Å². The lowest BCUT2D eigenvalue weighted by molar-refractivity contribution is -0.143. The highest BCUT2D eigenvalue weighted by Crippen LogP contribution is 2.24. The number of carbonyl (C=O) groups excluding carboxylic acids is 2. The number of hydrogen-bond donors (Lipinski definition) is 0. The lowest BCUT2D eigenvalue weighted by Gasteiger charge is -2.37. The van der Waals surface area contributed by atoms with E-state index in [2.05, 4.69) is 5.10 Å². The van der Waals surface area contributed by atoms with Gasteiger partial charge >= 0.3 is 0 Å². The first-order valence-corrected chi connectivity index (χ1v) is 8.23. The molecule has 1 atom stereocenters. The molecule has 0 aliphatic carbocycles. The van der Waals surface area contributed by atoms with Crippen molar-refractivity contribution < 1.29 is 14.3 Å². The van der Waals surface area contributed by atoms with Gasteiger partial charge in [0.25, 0.3) is 0 Å². The van der Waals surface area contributed by atoms with E-state index in [1.54, 1.807) is 15.8 Å². The molecule has 0 bridgehead atoms. The molecule has 7 nitrogen and oxygen atoms in total. The van der Waals surface area contributed by atoms with Gasteiger partial charge in [0.2, 0.25) is 11.8 Å². The molecule has 0 N–H and O–H groups in total. The van der Waals surface area contributed by atoms with Crippen LogP contribution in [0.5, 0.6) is 0 Å². The normalized spacial score (nSPS) is 21.4. The smallest absolute Gasteiger partial charge is 0.249 e. The summed E-state index contributed by atoms with van der Waals surface area (Å²) < 4.78 is 7.09. The van der Waals surface area contributed by atoms with Crippen molar-refractivity contribution in [1.82, 2.24) is 19.6 Å². The van der Waals surface area contributed by atoms with E-state index in [1.165, 1.54) is 0 Å². The van der Waals surface area contributed by atoms with Gasteiger partial charge in [-0.2, -0.15) is 5.10 Å². The fourth-order valence-corrected chi connectivity index (χ4v) is 3.14. The zero-order chi connectivity index (χ0) is 16.4. The van der Waals surface area contributed by atoms with Gasteiger partial charge in [0.15, 0.2) is 0 Å². The SMILES string of the molecule is CC(C)CC(=O)N1Cc2ccnn2[C@H](C(=O)N2CCOCC2)C1. The summed E-state index contributed by atoms with van der Waals surface area (Å²) in [5.74, 6) is 0.440. The minimum Gasteiger partial charge on any atom is -0.378 e. The lowest BCUT2D eigenvalue weighted by Crippen LogP contribution is -2.50. The predicted octanol–water partition coefficient (Wildman–Crippen LogP) is 0.671. The highest BCUT2D eigenvalue weighted by molar-refractivity contribution is 5.83. The Morgan fingerprint density at radius 1 is 1.30 bits per heavy atom. The van der Waals surface area contributed by atoms with Crippen molar-refractivity contribution in [3.8, 4) is 0 Å². The third-order valence-corrected chi connectivity index (χ3v) is 4.34. The monoisotopic (exact) mass is 320 g/mol. The van der Waals surface area contributed by atoms with Gasteiger partial charge in [0.1, 0.15) is 6.04 Å². The fourth-order valence-electron chi connectivity index (χ4n) is 3.14. The molecule has 7 heteroatoms. The molecule has 3 heterocycles. The summed E-state index contributed by atoms with van der Waals surface area (Å²) in [6.07, 6.45) is 2.21. The Balaban J connectivity index is 1.78. The number of rotatable bonds is 3. The third kappa shape index (κ3) is 3.39. The summed E-state index contributed by atoms with van der Waals surface area (Å²) in [5.41, 5.74) is 0.917. The number of morpholine rings is 1. The number of amides is 2. The zero-order valence-electron chi connectivity index (χ0n) is 13.8. The Hall–Kier alpha value is -1.89. The Morgan fingerprint density at radius 3 is 2.74 bits per heavy atom. The van der Waals surface area contributed by atoms with Crippen LogP contribution in [0.15, 0.2) is 12.3 Å². The van der Waals surface area contributed by atoms with Crippen LogP contribution in [0.4, 0.5) is 0 Å². The maximum Gasteiger partial charge on any atom is 0.249 e. The quantitative estimate of drug-likeness (QED) is 0.821. The van der Waals surface area contributed by atoms with Gasteiger partial charge in [-0.25, -0.2) is 0 Å². The number of ether oxygens (including phenoxy) is 1. The summed E-state index contributed by atoms with van der Waals surface area (Å²) in [7, 11) is 0. The Bertz CT molecular complexity index is 578. The first kappa shape index (κ1) is 16.0. The average Bonchev–Trinajstić information content (AvgIpc) is 3.02. The van der Waals surface area contributed by atoms with E-state index in [0.29, 0.717) is 51.7 Å². The molecular weight excluding hydrogens is 296 g/mol. The van der Waals surface area contributed by atoms with E-state index in [9.17, 15) is 9.59 Å². The summed E-state index contributed by atoms with van der Waals surface area (Å²) in [6.45, 7) is 7.33. The predicted molar refractivity (Wildman–Crippen MR) is 83.5 cm³/mol. The molecule has 2 aliphatic heterocycles. The van der Waals surface area contributed by atoms with Crippen molar-refractivity contribution in [3.63, 3.8) is 0 Å². The van der Waals surface area contributed by atoms with Crippen molar-refractivity contribution >= 4 is 11.8 Å². The molecule has 1 fully saturated rings. The van der Waals surface area contributed by atoms with E-state index in [0.717, 1.165) is 5.69 Å². The highest BCUT2D eigenvalue weighted by atomic mass is 16.5. The van der Waals surface area contributed by atoms with Gasteiger partial charge in [0.05, 0.1) is 32.0 Å². The number of carbonyl (C=O) groups is 2. The van der Waals surface area contributed by atoms with Gasteiger partial charge in [0, 0.05) is 25.7 Å². The standard InChI is InChI=1S/C16H24N4O3/c1-12(2)9-15(21)19-10-13-3-4-17-20(13)14(11-19)16(22)18-5-7-23-8-6-18/h3-4,12,14H,5-11H2,1-2H3/t14-/m0/s1. The molecule has 1 aromatic rings. The summed E-state index contributed by atoms with van der Waals surface area (Å²) in [5, 5.41) is 4.31. The van der Waals surface area contributed by atoms with Crippen molar-refractivity contribution in [2.24, 2.45) is 5.92 Å². The molecule has 0 unspecified atom stereocenters.